The van der Waals surface area contributed by atoms with Crippen LogP contribution >= 0.6 is 0 Å². The second kappa shape index (κ2) is 11.7. The maximum atomic E-state index is 16.0. The molecule has 1 aromatic carbocycles. The number of nitrogens with zero attached hydrogens (tertiary/aromatic N) is 1. The molecule has 1 saturated heterocycles. The van der Waals surface area contributed by atoms with Crippen molar-refractivity contribution in [3.05, 3.63) is 23.5 Å². The van der Waals surface area contributed by atoms with Gasteiger partial charge in [0.15, 0.2) is 11.5 Å². The van der Waals surface area contributed by atoms with Crippen LogP contribution in [0.2, 0.25) is 0 Å². The molecule has 36 heavy (non-hydrogen) atoms. The third-order valence-electron chi connectivity index (χ3n) is 8.62. The molecule has 1 aromatic rings. The van der Waals surface area contributed by atoms with E-state index in [1.54, 1.807) is 0 Å². The van der Waals surface area contributed by atoms with Crippen molar-refractivity contribution in [1.29, 1.82) is 0 Å². The monoisotopic (exact) mass is 505 g/mol. The summed E-state index contributed by atoms with van der Waals surface area (Å²) in [5.41, 5.74) is -0.586. The van der Waals surface area contributed by atoms with Gasteiger partial charge < -0.3 is 18.9 Å². The van der Waals surface area contributed by atoms with Crippen molar-refractivity contribution >= 4 is 5.97 Å². The van der Waals surface area contributed by atoms with E-state index in [1.807, 2.05) is 0 Å². The zero-order chi connectivity index (χ0) is 25.8. The lowest BCUT2D eigenvalue weighted by atomic mass is 9.88. The highest BCUT2D eigenvalue weighted by Gasteiger charge is 2.42. The van der Waals surface area contributed by atoms with Gasteiger partial charge in [-0.05, 0) is 75.3 Å². The minimum Gasteiger partial charge on any atom is -0.484 e. The molecule has 3 fully saturated rings. The fourth-order valence-corrected chi connectivity index (χ4v) is 5.99. The Hall–Kier alpha value is -1.86. The van der Waals surface area contributed by atoms with Gasteiger partial charge in [-0.1, -0.05) is 27.7 Å². The van der Waals surface area contributed by atoms with Crippen LogP contribution in [0, 0.1) is 17.7 Å². The molecule has 0 radical (unpaired) electrons. The van der Waals surface area contributed by atoms with Crippen LogP contribution in [-0.2, 0) is 9.47 Å². The van der Waals surface area contributed by atoms with E-state index >= 15 is 4.39 Å². The highest BCUT2D eigenvalue weighted by Crippen LogP contribution is 2.45. The first kappa shape index (κ1) is 27.2. The molecule has 0 unspecified atom stereocenters. The van der Waals surface area contributed by atoms with Gasteiger partial charge in [-0.15, -0.1) is 0 Å². The summed E-state index contributed by atoms with van der Waals surface area (Å²) >= 11 is 0. The van der Waals surface area contributed by atoms with E-state index in [2.05, 4.69) is 32.6 Å². The summed E-state index contributed by atoms with van der Waals surface area (Å²) in [4.78, 5) is 15.3. The lowest BCUT2D eigenvalue weighted by Crippen LogP contribution is -2.40. The molecular formula is C29H44FNO5. The third kappa shape index (κ3) is 5.99. The number of morpholine rings is 1. The van der Waals surface area contributed by atoms with Crippen molar-refractivity contribution in [1.82, 2.24) is 4.90 Å². The van der Waals surface area contributed by atoms with Gasteiger partial charge in [-0.3, -0.25) is 4.90 Å². The zero-order valence-electron chi connectivity index (χ0n) is 22.6. The fraction of sp³-hybridized carbons (Fsp3) is 0.759. The Balaban J connectivity index is 1.59. The van der Waals surface area contributed by atoms with E-state index in [9.17, 15) is 4.79 Å². The lowest BCUT2D eigenvalue weighted by Gasteiger charge is -2.36. The fourth-order valence-electron chi connectivity index (χ4n) is 5.99. The normalized spacial score (nSPS) is 21.8. The Morgan fingerprint density at radius 1 is 0.917 bits per heavy atom. The van der Waals surface area contributed by atoms with Gasteiger partial charge in [0.05, 0.1) is 18.8 Å². The van der Waals surface area contributed by atoms with Crippen LogP contribution in [0.3, 0.4) is 0 Å². The maximum Gasteiger partial charge on any atom is 0.338 e. The molecule has 2 aliphatic carbocycles. The second-order valence-electron chi connectivity index (χ2n) is 11.4. The topological polar surface area (TPSA) is 57.2 Å². The Labute approximate surface area is 215 Å². The summed E-state index contributed by atoms with van der Waals surface area (Å²) in [6.07, 6.45) is 7.75. The molecule has 0 aromatic heterocycles. The molecule has 1 aliphatic heterocycles. The van der Waals surface area contributed by atoms with Gasteiger partial charge in [-0.25, -0.2) is 4.79 Å². The Bertz CT molecular complexity index is 833. The number of rotatable bonds is 10. The van der Waals surface area contributed by atoms with Crippen molar-refractivity contribution in [2.45, 2.75) is 90.3 Å². The lowest BCUT2D eigenvalue weighted by molar-refractivity contribution is 0.0133. The van der Waals surface area contributed by atoms with Crippen LogP contribution in [0.25, 0.3) is 0 Å². The molecular weight excluding hydrogens is 461 g/mol. The number of halogens is 1. The first-order valence-corrected chi connectivity index (χ1v) is 13.9. The highest BCUT2D eigenvalue weighted by molar-refractivity contribution is 5.90. The van der Waals surface area contributed by atoms with E-state index in [0.717, 1.165) is 64.5 Å². The maximum absolute atomic E-state index is 16.0. The molecule has 0 bridgehead atoms. The number of carbonyl (C=O) groups excluding carboxylic acids is 1. The summed E-state index contributed by atoms with van der Waals surface area (Å²) in [5, 5.41) is 0. The number of hydrogen-bond acceptors (Lipinski definition) is 6. The van der Waals surface area contributed by atoms with Gasteiger partial charge in [0, 0.05) is 19.6 Å². The molecule has 0 amide bonds. The van der Waals surface area contributed by atoms with Gasteiger partial charge in [0.25, 0.3) is 0 Å². The second-order valence-corrected chi connectivity index (χ2v) is 11.4. The largest absolute Gasteiger partial charge is 0.484 e. The number of esters is 1. The van der Waals surface area contributed by atoms with Crippen molar-refractivity contribution in [3.8, 4) is 11.5 Å². The summed E-state index contributed by atoms with van der Waals surface area (Å²) in [6, 6.07) is 3.02. The van der Waals surface area contributed by atoms with Gasteiger partial charge in [0.2, 0.25) is 5.82 Å². The SMILES string of the molecule is CC(C)C1(Oc2cc(C(=O)OCCN3CCOCC3)cc(OC3(C(C)C)CCCC3)c2F)CCCC1. The van der Waals surface area contributed by atoms with E-state index in [-0.39, 0.29) is 35.5 Å². The number of ether oxygens (including phenoxy) is 4. The van der Waals surface area contributed by atoms with Crippen molar-refractivity contribution in [3.63, 3.8) is 0 Å². The van der Waals surface area contributed by atoms with E-state index in [1.165, 1.54) is 12.1 Å². The third-order valence-corrected chi connectivity index (χ3v) is 8.62. The van der Waals surface area contributed by atoms with E-state index < -0.39 is 23.0 Å². The van der Waals surface area contributed by atoms with Crippen LogP contribution < -0.4 is 9.47 Å². The number of hydrogen-bond donors (Lipinski definition) is 0. The van der Waals surface area contributed by atoms with Crippen LogP contribution in [0.4, 0.5) is 4.39 Å². The first-order chi connectivity index (χ1) is 17.2. The highest BCUT2D eigenvalue weighted by atomic mass is 19.1. The van der Waals surface area contributed by atoms with Crippen molar-refractivity contribution in [2.75, 3.05) is 39.5 Å². The molecule has 0 spiro atoms. The number of carbonyl (C=O) groups is 1. The smallest absolute Gasteiger partial charge is 0.338 e. The predicted octanol–water partition coefficient (Wildman–Crippen LogP) is 6.01. The molecule has 202 valence electrons. The number of benzene rings is 1. The van der Waals surface area contributed by atoms with Crippen molar-refractivity contribution in [2.24, 2.45) is 11.8 Å². The van der Waals surface area contributed by atoms with Crippen molar-refractivity contribution < 1.29 is 28.1 Å². The van der Waals surface area contributed by atoms with E-state index in [4.69, 9.17) is 18.9 Å². The molecule has 1 heterocycles. The van der Waals surface area contributed by atoms with Crippen LogP contribution in [0.5, 0.6) is 11.5 Å². The summed E-state index contributed by atoms with van der Waals surface area (Å²) < 4.78 is 39.9. The standard InChI is InChI=1S/C29H44FNO5/c1-21(2)28(9-5-6-10-28)35-24-19-23(27(32)34-18-15-31-13-16-33-17-14-31)20-25(26(24)30)36-29(22(3)4)11-7-8-12-29/h19-22H,5-18H2,1-4H3. The van der Waals surface area contributed by atoms with Crippen LogP contribution in [0.1, 0.15) is 89.4 Å². The van der Waals surface area contributed by atoms with Crippen LogP contribution in [0.15, 0.2) is 12.1 Å². The van der Waals surface area contributed by atoms with Gasteiger partial charge >= 0.3 is 5.97 Å². The minimum absolute atomic E-state index is 0.0973. The zero-order valence-corrected chi connectivity index (χ0v) is 22.6. The average molecular weight is 506 g/mol. The van der Waals surface area contributed by atoms with Gasteiger partial charge in [0.1, 0.15) is 17.8 Å². The minimum atomic E-state index is -0.515. The average Bonchev–Trinajstić information content (AvgIpc) is 3.53. The molecule has 4 rings (SSSR count). The summed E-state index contributed by atoms with van der Waals surface area (Å²) in [6.45, 7) is 12.5. The first-order valence-electron chi connectivity index (χ1n) is 13.9. The Morgan fingerprint density at radius 2 is 1.39 bits per heavy atom. The van der Waals surface area contributed by atoms with E-state index in [0.29, 0.717) is 19.8 Å². The molecule has 3 aliphatic rings. The molecule has 6 nitrogen and oxygen atoms in total. The quantitative estimate of drug-likeness (QED) is 0.363. The Kier molecular flexibility index (Phi) is 8.82. The van der Waals surface area contributed by atoms with Gasteiger partial charge in [-0.2, -0.15) is 4.39 Å². The molecule has 2 saturated carbocycles. The van der Waals surface area contributed by atoms with Crippen LogP contribution in [-0.4, -0.2) is 61.5 Å². The Morgan fingerprint density at radius 3 is 1.83 bits per heavy atom. The molecule has 0 atom stereocenters. The summed E-state index contributed by atoms with van der Waals surface area (Å²) in [5.74, 6) is -0.346. The summed E-state index contributed by atoms with van der Waals surface area (Å²) in [7, 11) is 0. The molecule has 7 heteroatoms. The predicted molar refractivity (Wildman–Crippen MR) is 137 cm³/mol. The molecule has 0 N–H and O–H groups in total.